The number of hydrogen-bond donors (Lipinski definition) is 2. The van der Waals surface area contributed by atoms with Crippen LogP contribution in [0.1, 0.15) is 62.0 Å². The van der Waals surface area contributed by atoms with Crippen LogP contribution in [0.4, 0.5) is 11.5 Å². The van der Waals surface area contributed by atoms with E-state index in [9.17, 15) is 19.2 Å². The zero-order valence-corrected chi connectivity index (χ0v) is 28.2. The first kappa shape index (κ1) is 34.2. The highest BCUT2D eigenvalue weighted by molar-refractivity contribution is 6.01. The fraction of sp³-hybridized carbons (Fsp3) is 0.417. The second kappa shape index (κ2) is 14.3. The monoisotopic (exact) mass is 656 g/mol. The van der Waals surface area contributed by atoms with Crippen molar-refractivity contribution in [3.05, 3.63) is 71.3 Å². The van der Waals surface area contributed by atoms with Crippen LogP contribution in [0.3, 0.4) is 0 Å². The number of aromatic nitrogens is 1. The summed E-state index contributed by atoms with van der Waals surface area (Å²) in [6.07, 6.45) is 0.0283. The Morgan fingerprint density at radius 2 is 1.71 bits per heavy atom. The van der Waals surface area contributed by atoms with E-state index in [0.717, 1.165) is 28.1 Å². The number of ether oxygens (including phenoxy) is 2. The number of rotatable bonds is 11. The molecule has 254 valence electrons. The molecule has 48 heavy (non-hydrogen) atoms. The molecule has 3 heterocycles. The van der Waals surface area contributed by atoms with Crippen molar-refractivity contribution < 1.29 is 28.7 Å². The molecule has 5 rings (SSSR count). The lowest BCUT2D eigenvalue weighted by Gasteiger charge is -2.36. The van der Waals surface area contributed by atoms with Crippen molar-refractivity contribution in [2.45, 2.75) is 65.3 Å². The normalized spacial score (nSPS) is 15.2. The second-order valence-electron chi connectivity index (χ2n) is 13.1. The SMILES string of the molecule is COc1ccc(CNc2cc(N3CCN(C(C)=O)CC3)cc(-c3ccc4c(c3)CN([C@@H](CCC(=O)OC(C)(C)C)C(N)=O)C4=O)n2)cc1. The maximum atomic E-state index is 13.4. The lowest BCUT2D eigenvalue weighted by atomic mass is 10.0. The molecular formula is C36H44N6O6. The highest BCUT2D eigenvalue weighted by atomic mass is 16.6. The average molecular weight is 657 g/mol. The maximum absolute atomic E-state index is 13.4. The molecule has 0 bridgehead atoms. The molecule has 3 aromatic rings. The molecule has 1 aromatic heterocycles. The van der Waals surface area contributed by atoms with Crippen LogP contribution in [0.5, 0.6) is 5.75 Å². The van der Waals surface area contributed by atoms with E-state index < -0.39 is 23.5 Å². The lowest BCUT2D eigenvalue weighted by molar-refractivity contribution is -0.155. The third-order valence-electron chi connectivity index (χ3n) is 8.51. The van der Waals surface area contributed by atoms with Crippen molar-refractivity contribution in [2.75, 3.05) is 43.5 Å². The molecular weight excluding hydrogens is 612 g/mol. The van der Waals surface area contributed by atoms with Gasteiger partial charge in [-0.25, -0.2) is 4.98 Å². The molecule has 0 spiro atoms. The number of fused-ring (bicyclic) bond motifs is 1. The van der Waals surface area contributed by atoms with Crippen LogP contribution in [0.2, 0.25) is 0 Å². The Labute approximate surface area is 281 Å². The van der Waals surface area contributed by atoms with Gasteiger partial charge in [-0.05, 0) is 68.7 Å². The van der Waals surface area contributed by atoms with Gasteiger partial charge in [0.15, 0.2) is 0 Å². The number of pyridine rings is 1. The summed E-state index contributed by atoms with van der Waals surface area (Å²) in [5.41, 5.74) is 9.85. The summed E-state index contributed by atoms with van der Waals surface area (Å²) in [4.78, 5) is 60.7. The standard InChI is InChI=1S/C36H44N6O6/c1-23(43)40-14-16-41(17-15-40)27-19-30(39-32(20-27)38-21-24-6-9-28(47-5)10-7-24)25-8-11-29-26(18-25)22-42(35(29)46)31(34(37)45)12-13-33(44)48-36(2,3)4/h6-11,18-20,31H,12-17,21-22H2,1-5H3,(H2,37,45)(H,38,39)/t31-/m0/s1. The highest BCUT2D eigenvalue weighted by Gasteiger charge is 2.36. The molecule has 1 saturated heterocycles. The number of piperazine rings is 1. The number of primary amides is 1. The van der Waals surface area contributed by atoms with Gasteiger partial charge in [-0.15, -0.1) is 0 Å². The first-order valence-corrected chi connectivity index (χ1v) is 16.2. The summed E-state index contributed by atoms with van der Waals surface area (Å²) >= 11 is 0. The van der Waals surface area contributed by atoms with Crippen molar-refractivity contribution in [1.29, 1.82) is 0 Å². The second-order valence-corrected chi connectivity index (χ2v) is 13.1. The smallest absolute Gasteiger partial charge is 0.306 e. The van der Waals surface area contributed by atoms with Crippen LogP contribution in [-0.4, -0.2) is 83.4 Å². The van der Waals surface area contributed by atoms with E-state index in [1.165, 1.54) is 4.90 Å². The van der Waals surface area contributed by atoms with Gasteiger partial charge < -0.3 is 35.2 Å². The topological polar surface area (TPSA) is 147 Å². The number of nitrogens with zero attached hydrogens (tertiary/aromatic N) is 4. The number of amides is 3. The van der Waals surface area contributed by atoms with E-state index in [1.807, 2.05) is 53.4 Å². The van der Waals surface area contributed by atoms with Crippen molar-refractivity contribution in [3.8, 4) is 17.0 Å². The van der Waals surface area contributed by atoms with Gasteiger partial charge >= 0.3 is 5.97 Å². The summed E-state index contributed by atoms with van der Waals surface area (Å²) in [5, 5.41) is 3.45. The Hall–Kier alpha value is -5.13. The number of carbonyl (C=O) groups excluding carboxylic acids is 4. The first-order valence-electron chi connectivity index (χ1n) is 16.2. The van der Waals surface area contributed by atoms with Crippen molar-refractivity contribution in [2.24, 2.45) is 5.73 Å². The van der Waals surface area contributed by atoms with Crippen molar-refractivity contribution in [1.82, 2.24) is 14.8 Å². The van der Waals surface area contributed by atoms with Gasteiger partial charge in [-0.2, -0.15) is 0 Å². The summed E-state index contributed by atoms with van der Waals surface area (Å²) in [6, 6.07) is 16.4. The fourth-order valence-electron chi connectivity index (χ4n) is 6.01. The molecule has 0 aliphatic carbocycles. The number of carbonyl (C=O) groups is 4. The Balaban J connectivity index is 1.39. The molecule has 3 N–H and O–H groups in total. The number of nitrogens with one attached hydrogen (secondary N) is 1. The summed E-state index contributed by atoms with van der Waals surface area (Å²) < 4.78 is 10.7. The van der Waals surface area contributed by atoms with E-state index in [2.05, 4.69) is 10.2 Å². The zero-order valence-electron chi connectivity index (χ0n) is 28.2. The summed E-state index contributed by atoms with van der Waals surface area (Å²) in [5.74, 6) is 0.0941. The Morgan fingerprint density at radius 1 is 1.00 bits per heavy atom. The third kappa shape index (κ3) is 8.23. The molecule has 0 unspecified atom stereocenters. The number of nitrogens with two attached hydrogens (primary N) is 1. The van der Waals surface area contributed by atoms with Crippen LogP contribution in [0.25, 0.3) is 11.3 Å². The molecule has 1 atom stereocenters. The van der Waals surface area contributed by atoms with Crippen LogP contribution < -0.4 is 20.7 Å². The molecule has 2 aromatic carbocycles. The predicted octanol–water partition coefficient (Wildman–Crippen LogP) is 3.97. The van der Waals surface area contributed by atoms with Crippen molar-refractivity contribution in [3.63, 3.8) is 0 Å². The van der Waals surface area contributed by atoms with E-state index in [-0.39, 0.29) is 31.2 Å². The van der Waals surface area contributed by atoms with Gasteiger partial charge in [0, 0.05) is 75.5 Å². The van der Waals surface area contributed by atoms with E-state index in [4.69, 9.17) is 20.2 Å². The number of benzene rings is 2. The fourth-order valence-corrected chi connectivity index (χ4v) is 6.01. The van der Waals surface area contributed by atoms with Gasteiger partial charge in [0.05, 0.1) is 12.8 Å². The van der Waals surface area contributed by atoms with Gasteiger partial charge in [-0.1, -0.05) is 18.2 Å². The number of anilines is 2. The minimum Gasteiger partial charge on any atom is -0.497 e. The van der Waals surface area contributed by atoms with E-state index in [1.54, 1.807) is 40.9 Å². The van der Waals surface area contributed by atoms with Gasteiger partial charge in [0.25, 0.3) is 5.91 Å². The van der Waals surface area contributed by atoms with Crippen LogP contribution in [0, 0.1) is 0 Å². The lowest BCUT2D eigenvalue weighted by Crippen LogP contribution is -2.48. The minimum atomic E-state index is -0.954. The molecule has 3 amide bonds. The van der Waals surface area contributed by atoms with Gasteiger partial charge in [-0.3, -0.25) is 19.2 Å². The zero-order chi connectivity index (χ0) is 34.6. The van der Waals surface area contributed by atoms with Crippen molar-refractivity contribution >= 4 is 35.2 Å². The molecule has 0 radical (unpaired) electrons. The van der Waals surface area contributed by atoms with E-state index in [0.29, 0.717) is 49.8 Å². The largest absolute Gasteiger partial charge is 0.497 e. The average Bonchev–Trinajstić information content (AvgIpc) is 3.37. The minimum absolute atomic E-state index is 0.0417. The Bertz CT molecular complexity index is 1680. The third-order valence-corrected chi connectivity index (χ3v) is 8.51. The van der Waals surface area contributed by atoms with Crippen LogP contribution in [0.15, 0.2) is 54.6 Å². The highest BCUT2D eigenvalue weighted by Crippen LogP contribution is 2.33. The quantitative estimate of drug-likeness (QED) is 0.293. The van der Waals surface area contributed by atoms with Gasteiger partial charge in [0.2, 0.25) is 11.8 Å². The molecule has 0 saturated carbocycles. The Kier molecular flexibility index (Phi) is 10.2. The summed E-state index contributed by atoms with van der Waals surface area (Å²) in [6.45, 7) is 10.3. The predicted molar refractivity (Wildman–Crippen MR) is 182 cm³/mol. The summed E-state index contributed by atoms with van der Waals surface area (Å²) in [7, 11) is 1.63. The molecule has 2 aliphatic rings. The number of esters is 1. The molecule has 12 nitrogen and oxygen atoms in total. The Morgan fingerprint density at radius 3 is 2.33 bits per heavy atom. The molecule has 2 aliphatic heterocycles. The van der Waals surface area contributed by atoms with Crippen LogP contribution in [-0.2, 0) is 32.2 Å². The van der Waals surface area contributed by atoms with E-state index >= 15 is 0 Å². The first-order chi connectivity index (χ1) is 22.8. The maximum Gasteiger partial charge on any atom is 0.306 e. The van der Waals surface area contributed by atoms with Gasteiger partial charge in [0.1, 0.15) is 23.2 Å². The molecule has 1 fully saturated rings. The number of hydrogen-bond acceptors (Lipinski definition) is 9. The number of methoxy groups -OCH3 is 1. The molecule has 12 heteroatoms. The van der Waals surface area contributed by atoms with Crippen LogP contribution >= 0.6 is 0 Å².